The van der Waals surface area contributed by atoms with E-state index in [9.17, 15) is 9.59 Å². The molecular formula is C27H26N2O3S2. The van der Waals surface area contributed by atoms with Crippen molar-refractivity contribution in [1.82, 2.24) is 4.98 Å². The van der Waals surface area contributed by atoms with Gasteiger partial charge >= 0.3 is 5.97 Å². The van der Waals surface area contributed by atoms with Gasteiger partial charge < -0.3 is 10.1 Å². The molecule has 0 bridgehead atoms. The minimum Gasteiger partial charge on any atom is -0.462 e. The molecule has 0 saturated carbocycles. The molecule has 34 heavy (non-hydrogen) atoms. The molecule has 5 nitrogen and oxygen atoms in total. The zero-order valence-electron chi connectivity index (χ0n) is 19.6. The number of amides is 1. The van der Waals surface area contributed by atoms with Gasteiger partial charge in [0.1, 0.15) is 10.6 Å². The summed E-state index contributed by atoms with van der Waals surface area (Å²) in [6.45, 7) is 8.13. The van der Waals surface area contributed by atoms with Crippen molar-refractivity contribution in [3.8, 4) is 11.1 Å². The summed E-state index contributed by atoms with van der Waals surface area (Å²) in [7, 11) is 0. The largest absolute Gasteiger partial charge is 0.462 e. The highest BCUT2D eigenvalue weighted by Gasteiger charge is 2.23. The fraction of sp³-hybridized carbons (Fsp3) is 0.222. The number of carbonyl (C=O) groups excluding carboxylic acids is 2. The lowest BCUT2D eigenvalue weighted by atomic mass is 10.0. The predicted molar refractivity (Wildman–Crippen MR) is 141 cm³/mol. The summed E-state index contributed by atoms with van der Waals surface area (Å²) in [6, 6.07) is 16.1. The predicted octanol–water partition coefficient (Wildman–Crippen LogP) is 6.80. The van der Waals surface area contributed by atoms with Crippen molar-refractivity contribution in [3.63, 3.8) is 0 Å². The average molecular weight is 491 g/mol. The van der Waals surface area contributed by atoms with Crippen LogP contribution in [0.4, 0.5) is 5.00 Å². The number of hydrogen-bond acceptors (Lipinski definition) is 6. The summed E-state index contributed by atoms with van der Waals surface area (Å²) >= 11 is 2.71. The Labute approximate surface area is 207 Å². The van der Waals surface area contributed by atoms with Crippen molar-refractivity contribution in [2.45, 2.75) is 32.7 Å². The van der Waals surface area contributed by atoms with Crippen LogP contribution in [0.5, 0.6) is 0 Å². The lowest BCUT2D eigenvalue weighted by Crippen LogP contribution is -2.16. The third-order valence-electron chi connectivity index (χ3n) is 5.46. The second-order valence-corrected chi connectivity index (χ2v) is 9.90. The van der Waals surface area contributed by atoms with E-state index in [0.717, 1.165) is 43.7 Å². The van der Waals surface area contributed by atoms with Crippen LogP contribution in [0, 0.1) is 20.8 Å². The summed E-state index contributed by atoms with van der Waals surface area (Å²) < 4.78 is 5.29. The van der Waals surface area contributed by atoms with E-state index in [0.29, 0.717) is 10.6 Å². The minimum atomic E-state index is -0.440. The van der Waals surface area contributed by atoms with Crippen molar-refractivity contribution in [2.24, 2.45) is 0 Å². The first-order valence-corrected chi connectivity index (χ1v) is 12.9. The second-order valence-electron chi connectivity index (χ2n) is 8.03. The molecule has 4 aromatic rings. The molecule has 0 saturated heterocycles. The molecule has 0 fully saturated rings. The van der Waals surface area contributed by atoms with Gasteiger partial charge in [-0.25, -0.2) is 9.78 Å². The average Bonchev–Trinajstić information content (AvgIpc) is 3.22. The number of nitrogens with one attached hydrogen (secondary N) is 1. The highest BCUT2D eigenvalue weighted by Crippen LogP contribution is 2.36. The molecule has 174 valence electrons. The van der Waals surface area contributed by atoms with Gasteiger partial charge in [0.2, 0.25) is 5.91 Å². The molecule has 0 radical (unpaired) electrons. The molecule has 0 aliphatic carbocycles. The van der Waals surface area contributed by atoms with Gasteiger partial charge in [-0.3, -0.25) is 4.79 Å². The van der Waals surface area contributed by atoms with Crippen molar-refractivity contribution in [2.75, 3.05) is 17.7 Å². The fourth-order valence-electron chi connectivity index (χ4n) is 3.71. The summed E-state index contributed by atoms with van der Waals surface area (Å²) in [5.74, 6) is -0.453. The number of rotatable bonds is 7. The third-order valence-corrected chi connectivity index (χ3v) is 7.27. The molecule has 2 heterocycles. The van der Waals surface area contributed by atoms with E-state index in [4.69, 9.17) is 9.72 Å². The van der Waals surface area contributed by atoms with Crippen LogP contribution in [0.3, 0.4) is 0 Å². The van der Waals surface area contributed by atoms with Crippen molar-refractivity contribution in [1.29, 1.82) is 0 Å². The third kappa shape index (κ3) is 5.16. The van der Waals surface area contributed by atoms with Gasteiger partial charge in [0.25, 0.3) is 0 Å². The number of anilines is 1. The molecule has 4 rings (SSSR count). The first-order chi connectivity index (χ1) is 16.4. The molecule has 7 heteroatoms. The van der Waals surface area contributed by atoms with E-state index in [1.807, 2.05) is 61.7 Å². The van der Waals surface area contributed by atoms with Gasteiger partial charge in [-0.15, -0.1) is 11.3 Å². The van der Waals surface area contributed by atoms with E-state index in [1.54, 1.807) is 6.92 Å². The Morgan fingerprint density at radius 2 is 1.82 bits per heavy atom. The maximum atomic E-state index is 12.8. The Kier molecular flexibility index (Phi) is 7.34. The smallest absolute Gasteiger partial charge is 0.341 e. The van der Waals surface area contributed by atoms with Crippen LogP contribution >= 0.6 is 23.1 Å². The molecule has 2 aromatic carbocycles. The molecule has 0 unspecified atom stereocenters. The second kappa shape index (κ2) is 10.4. The number of benzene rings is 2. The van der Waals surface area contributed by atoms with Gasteiger partial charge in [-0.05, 0) is 50.5 Å². The van der Waals surface area contributed by atoms with E-state index in [1.165, 1.54) is 23.1 Å². The SMILES string of the molecule is CCOC(=O)c1c(-c2ccc(C)cc2)csc1NC(=O)CSc1cc(C)c2cccc(C)c2n1. The van der Waals surface area contributed by atoms with E-state index < -0.39 is 5.97 Å². The molecule has 1 amide bonds. The maximum Gasteiger partial charge on any atom is 0.341 e. The number of thiophene rings is 1. The van der Waals surface area contributed by atoms with Crippen LogP contribution in [0.15, 0.2) is 58.9 Å². The number of ether oxygens (including phenoxy) is 1. The van der Waals surface area contributed by atoms with E-state index in [-0.39, 0.29) is 18.3 Å². The number of thioether (sulfide) groups is 1. The summed E-state index contributed by atoms with van der Waals surface area (Å²) in [5, 5.41) is 7.22. The Balaban J connectivity index is 1.54. The zero-order valence-corrected chi connectivity index (χ0v) is 21.2. The highest BCUT2D eigenvalue weighted by molar-refractivity contribution is 7.99. The minimum absolute atomic E-state index is 0.184. The molecule has 0 spiro atoms. The normalized spacial score (nSPS) is 10.9. The molecule has 0 aliphatic heterocycles. The van der Waals surface area contributed by atoms with E-state index >= 15 is 0 Å². The fourth-order valence-corrected chi connectivity index (χ4v) is 5.45. The number of fused-ring (bicyclic) bond motifs is 1. The first-order valence-electron chi connectivity index (χ1n) is 11.0. The Hall–Kier alpha value is -3.16. The van der Waals surface area contributed by atoms with Gasteiger partial charge in [0, 0.05) is 16.3 Å². The van der Waals surface area contributed by atoms with Crippen LogP contribution in [-0.2, 0) is 9.53 Å². The van der Waals surface area contributed by atoms with Gasteiger partial charge in [-0.2, -0.15) is 0 Å². The maximum absolute atomic E-state index is 12.8. The lowest BCUT2D eigenvalue weighted by Gasteiger charge is -2.10. The number of pyridine rings is 1. The summed E-state index contributed by atoms with van der Waals surface area (Å²) in [6.07, 6.45) is 0. The highest BCUT2D eigenvalue weighted by atomic mass is 32.2. The Morgan fingerprint density at radius 1 is 1.06 bits per heavy atom. The van der Waals surface area contributed by atoms with E-state index in [2.05, 4.69) is 18.3 Å². The topological polar surface area (TPSA) is 68.3 Å². The molecule has 0 aliphatic rings. The first kappa shape index (κ1) is 24.0. The number of para-hydroxylation sites is 1. The quantitative estimate of drug-likeness (QED) is 0.228. The molecule has 0 atom stereocenters. The lowest BCUT2D eigenvalue weighted by molar-refractivity contribution is -0.113. The molecule has 2 aromatic heterocycles. The van der Waals surface area contributed by atoms with Crippen LogP contribution in [0.2, 0.25) is 0 Å². The summed E-state index contributed by atoms with van der Waals surface area (Å²) in [5.41, 5.74) is 6.38. The standard InChI is InChI=1S/C27H26N2O3S2/c1-5-32-27(31)24-21(19-11-9-16(2)10-12-19)14-34-26(24)28-22(30)15-33-23-13-18(4)20-8-6-7-17(3)25(20)29-23/h6-14H,5,15H2,1-4H3,(H,28,30). The van der Waals surface area contributed by atoms with Gasteiger partial charge in [0.15, 0.2) is 0 Å². The van der Waals surface area contributed by atoms with Crippen LogP contribution in [0.1, 0.15) is 34.0 Å². The van der Waals surface area contributed by atoms with Crippen molar-refractivity contribution >= 4 is 50.9 Å². The van der Waals surface area contributed by atoms with Gasteiger partial charge in [0.05, 0.1) is 22.9 Å². The van der Waals surface area contributed by atoms with Crippen molar-refractivity contribution < 1.29 is 14.3 Å². The Bertz CT molecular complexity index is 1360. The van der Waals surface area contributed by atoms with Crippen LogP contribution < -0.4 is 5.32 Å². The van der Waals surface area contributed by atoms with Gasteiger partial charge in [-0.1, -0.05) is 59.8 Å². The number of hydrogen-bond donors (Lipinski definition) is 1. The zero-order chi connectivity index (χ0) is 24.2. The number of aryl methyl sites for hydroxylation is 3. The van der Waals surface area contributed by atoms with Crippen LogP contribution in [0.25, 0.3) is 22.0 Å². The molecule has 1 N–H and O–H groups in total. The van der Waals surface area contributed by atoms with Crippen LogP contribution in [-0.4, -0.2) is 29.2 Å². The van der Waals surface area contributed by atoms with Crippen molar-refractivity contribution in [3.05, 3.63) is 76.2 Å². The molecular weight excluding hydrogens is 464 g/mol. The monoisotopic (exact) mass is 490 g/mol. The number of carbonyl (C=O) groups is 2. The summed E-state index contributed by atoms with van der Waals surface area (Å²) in [4.78, 5) is 30.3. The number of aromatic nitrogens is 1. The number of esters is 1. The number of nitrogens with zero attached hydrogens (tertiary/aromatic N) is 1. The Morgan fingerprint density at radius 3 is 2.56 bits per heavy atom.